The maximum absolute atomic E-state index is 12.3. The number of nitro benzene ring substituents is 1. The molecule has 0 bridgehead atoms. The van der Waals surface area contributed by atoms with Gasteiger partial charge < -0.3 is 4.74 Å². The van der Waals surface area contributed by atoms with Crippen molar-refractivity contribution in [2.45, 2.75) is 13.3 Å². The van der Waals surface area contributed by atoms with Crippen LogP contribution in [0.15, 0.2) is 42.5 Å². The van der Waals surface area contributed by atoms with Crippen molar-refractivity contribution in [1.29, 1.82) is 0 Å². The summed E-state index contributed by atoms with van der Waals surface area (Å²) in [6.07, 6.45) is 0.232. The number of Topliss-reactive ketones (excluding diaryl/α,β-unsaturated/α-hetero) is 1. The molecule has 21 heavy (non-hydrogen) atoms. The van der Waals surface area contributed by atoms with Crippen LogP contribution in [0.2, 0.25) is 0 Å². The van der Waals surface area contributed by atoms with Gasteiger partial charge in [0.2, 0.25) is 0 Å². The Morgan fingerprint density at radius 2 is 2.00 bits per heavy atom. The molecule has 108 valence electrons. The zero-order valence-electron chi connectivity index (χ0n) is 11.8. The van der Waals surface area contributed by atoms with Crippen molar-refractivity contribution in [3.8, 4) is 5.75 Å². The first-order chi connectivity index (χ1) is 10.0. The fraction of sp³-hybridized carbons (Fsp3) is 0.188. The molecule has 0 N–H and O–H groups in total. The van der Waals surface area contributed by atoms with Crippen LogP contribution in [-0.2, 0) is 6.42 Å². The number of rotatable bonds is 5. The van der Waals surface area contributed by atoms with Gasteiger partial charge in [0.15, 0.2) is 5.78 Å². The summed E-state index contributed by atoms with van der Waals surface area (Å²) in [5.74, 6) is 0.0919. The van der Waals surface area contributed by atoms with Crippen molar-refractivity contribution in [2.75, 3.05) is 7.11 Å². The molecule has 2 rings (SSSR count). The third kappa shape index (κ3) is 3.45. The largest absolute Gasteiger partial charge is 0.496 e. The molecule has 0 aliphatic carbocycles. The first-order valence-corrected chi connectivity index (χ1v) is 6.42. The minimum Gasteiger partial charge on any atom is -0.496 e. The fourth-order valence-corrected chi connectivity index (χ4v) is 2.13. The van der Waals surface area contributed by atoms with Gasteiger partial charge in [-0.15, -0.1) is 0 Å². The highest BCUT2D eigenvalue weighted by atomic mass is 16.6. The predicted octanol–water partition coefficient (Wildman–Crippen LogP) is 3.34. The molecule has 0 aliphatic heterocycles. The number of methoxy groups -OCH3 is 1. The molecule has 0 aromatic heterocycles. The van der Waals surface area contributed by atoms with Crippen LogP contribution in [0.3, 0.4) is 0 Å². The Kier molecular flexibility index (Phi) is 4.33. The van der Waals surface area contributed by atoms with Crippen LogP contribution in [0.1, 0.15) is 21.5 Å². The number of ether oxygens (including phenoxy) is 1. The van der Waals surface area contributed by atoms with Crippen LogP contribution in [0.4, 0.5) is 5.69 Å². The van der Waals surface area contributed by atoms with E-state index in [2.05, 4.69) is 0 Å². The number of aryl methyl sites for hydroxylation is 1. The molecule has 0 fully saturated rings. The zero-order valence-corrected chi connectivity index (χ0v) is 11.8. The van der Waals surface area contributed by atoms with E-state index in [4.69, 9.17) is 4.74 Å². The number of hydrogen-bond acceptors (Lipinski definition) is 4. The molecular formula is C16H15NO4. The number of hydrogen-bond donors (Lipinski definition) is 0. The molecule has 0 heterocycles. The summed E-state index contributed by atoms with van der Waals surface area (Å²) in [5, 5.41) is 10.7. The summed E-state index contributed by atoms with van der Waals surface area (Å²) < 4.78 is 5.09. The quantitative estimate of drug-likeness (QED) is 0.480. The summed E-state index contributed by atoms with van der Waals surface area (Å²) >= 11 is 0. The Hall–Kier alpha value is -2.69. The van der Waals surface area contributed by atoms with Crippen LogP contribution in [-0.4, -0.2) is 17.8 Å². The second kappa shape index (κ2) is 6.17. The number of nitro groups is 1. The highest BCUT2D eigenvalue weighted by Gasteiger charge is 2.17. The molecule has 0 aliphatic rings. The summed E-state index contributed by atoms with van der Waals surface area (Å²) in [5.41, 5.74) is 2.24. The van der Waals surface area contributed by atoms with Crippen molar-refractivity contribution >= 4 is 11.5 Å². The van der Waals surface area contributed by atoms with E-state index in [1.807, 2.05) is 31.2 Å². The fourth-order valence-electron chi connectivity index (χ4n) is 2.13. The van der Waals surface area contributed by atoms with E-state index in [9.17, 15) is 14.9 Å². The number of non-ortho nitro benzene ring substituents is 1. The Labute approximate surface area is 122 Å². The van der Waals surface area contributed by atoms with Gasteiger partial charge in [-0.3, -0.25) is 14.9 Å². The van der Waals surface area contributed by atoms with E-state index in [1.165, 1.54) is 25.3 Å². The lowest BCUT2D eigenvalue weighted by atomic mass is 10.0. The average molecular weight is 285 g/mol. The van der Waals surface area contributed by atoms with E-state index in [0.717, 1.165) is 11.1 Å². The number of ketones is 1. The number of carbonyl (C=O) groups excluding carboxylic acids is 1. The minimum absolute atomic E-state index is 0.0982. The molecule has 2 aromatic carbocycles. The monoisotopic (exact) mass is 285 g/mol. The van der Waals surface area contributed by atoms with Gasteiger partial charge in [-0.1, -0.05) is 29.8 Å². The third-order valence-electron chi connectivity index (χ3n) is 3.14. The lowest BCUT2D eigenvalue weighted by Gasteiger charge is -2.08. The van der Waals surface area contributed by atoms with E-state index in [-0.39, 0.29) is 23.6 Å². The van der Waals surface area contributed by atoms with Gasteiger partial charge in [-0.2, -0.15) is 0 Å². The van der Waals surface area contributed by atoms with Crippen molar-refractivity contribution in [3.63, 3.8) is 0 Å². The van der Waals surface area contributed by atoms with Gasteiger partial charge in [0.25, 0.3) is 5.69 Å². The van der Waals surface area contributed by atoms with Crippen LogP contribution in [0.25, 0.3) is 0 Å². The van der Waals surface area contributed by atoms with Crippen molar-refractivity contribution in [2.24, 2.45) is 0 Å². The Balaban J connectivity index is 2.28. The second-order valence-corrected chi connectivity index (χ2v) is 4.73. The Morgan fingerprint density at radius 3 is 2.62 bits per heavy atom. The van der Waals surface area contributed by atoms with E-state index in [0.29, 0.717) is 5.56 Å². The van der Waals surface area contributed by atoms with Crippen LogP contribution >= 0.6 is 0 Å². The van der Waals surface area contributed by atoms with Crippen LogP contribution in [0, 0.1) is 17.0 Å². The van der Waals surface area contributed by atoms with Crippen LogP contribution in [0.5, 0.6) is 5.75 Å². The smallest absolute Gasteiger partial charge is 0.273 e. The molecular weight excluding hydrogens is 270 g/mol. The van der Waals surface area contributed by atoms with Gasteiger partial charge in [0.05, 0.1) is 23.7 Å². The predicted molar refractivity (Wildman–Crippen MR) is 78.9 cm³/mol. The number of benzene rings is 2. The van der Waals surface area contributed by atoms with E-state index < -0.39 is 4.92 Å². The maximum atomic E-state index is 12.3. The summed E-state index contributed by atoms with van der Waals surface area (Å²) in [6.45, 7) is 1.96. The molecule has 0 saturated carbocycles. The first-order valence-electron chi connectivity index (χ1n) is 6.42. The standard InChI is InChI=1S/C16H15NO4/c1-11-4-3-5-12(8-11)9-15(18)14-7-6-13(17(19)20)10-16(14)21-2/h3-8,10H,9H2,1-2H3. The normalized spacial score (nSPS) is 10.2. The van der Waals surface area contributed by atoms with Crippen LogP contribution < -0.4 is 4.74 Å². The van der Waals surface area contributed by atoms with Gasteiger partial charge in [-0.25, -0.2) is 0 Å². The van der Waals surface area contributed by atoms with E-state index >= 15 is 0 Å². The molecule has 0 amide bonds. The van der Waals surface area contributed by atoms with Gasteiger partial charge in [0, 0.05) is 12.5 Å². The average Bonchev–Trinajstić information content (AvgIpc) is 2.46. The third-order valence-corrected chi connectivity index (χ3v) is 3.14. The molecule has 0 atom stereocenters. The van der Waals surface area contributed by atoms with Gasteiger partial charge in [0.1, 0.15) is 5.75 Å². The maximum Gasteiger partial charge on any atom is 0.273 e. The zero-order chi connectivity index (χ0) is 15.4. The number of nitrogens with zero attached hydrogens (tertiary/aromatic N) is 1. The Morgan fingerprint density at radius 1 is 1.24 bits per heavy atom. The summed E-state index contributed by atoms with van der Waals surface area (Å²) in [7, 11) is 1.39. The second-order valence-electron chi connectivity index (χ2n) is 4.73. The summed E-state index contributed by atoms with van der Waals surface area (Å²) in [4.78, 5) is 22.6. The number of carbonyl (C=O) groups is 1. The van der Waals surface area contributed by atoms with Crippen molar-refractivity contribution < 1.29 is 14.5 Å². The van der Waals surface area contributed by atoms with Gasteiger partial charge >= 0.3 is 0 Å². The first kappa shape index (κ1) is 14.7. The molecule has 0 saturated heterocycles. The lowest BCUT2D eigenvalue weighted by Crippen LogP contribution is -2.06. The molecule has 0 spiro atoms. The highest BCUT2D eigenvalue weighted by molar-refractivity contribution is 6.00. The molecule has 2 aromatic rings. The van der Waals surface area contributed by atoms with Crippen molar-refractivity contribution in [1.82, 2.24) is 0 Å². The van der Waals surface area contributed by atoms with E-state index in [1.54, 1.807) is 0 Å². The van der Waals surface area contributed by atoms with Crippen molar-refractivity contribution in [3.05, 3.63) is 69.3 Å². The molecule has 0 radical (unpaired) electrons. The molecule has 5 heteroatoms. The topological polar surface area (TPSA) is 69.4 Å². The lowest BCUT2D eigenvalue weighted by molar-refractivity contribution is -0.384. The van der Waals surface area contributed by atoms with Gasteiger partial charge in [-0.05, 0) is 18.6 Å². The molecule has 5 nitrogen and oxygen atoms in total. The SMILES string of the molecule is COc1cc([N+](=O)[O-])ccc1C(=O)Cc1cccc(C)c1. The highest BCUT2D eigenvalue weighted by Crippen LogP contribution is 2.25. The minimum atomic E-state index is -0.517. The molecule has 0 unspecified atom stereocenters. The summed E-state index contributed by atoms with van der Waals surface area (Å²) in [6, 6.07) is 11.7. The Bertz CT molecular complexity index is 694.